The predicted molar refractivity (Wildman–Crippen MR) is 90.8 cm³/mol. The molecule has 0 radical (unpaired) electrons. The highest BCUT2D eigenvalue weighted by atomic mass is 32.2. The van der Waals surface area contributed by atoms with Crippen LogP contribution in [-0.2, 0) is 10.0 Å². The van der Waals surface area contributed by atoms with Crippen LogP contribution in [-0.4, -0.2) is 26.7 Å². The molecule has 0 aromatic heterocycles. The third kappa shape index (κ3) is 4.98. The Morgan fingerprint density at radius 1 is 1.11 bits per heavy atom. The first-order valence-electron chi connectivity index (χ1n) is 8.03. The number of ether oxygens (including phenoxy) is 1. The first kappa shape index (κ1) is 20.1. The van der Waals surface area contributed by atoms with Crippen molar-refractivity contribution in [3.63, 3.8) is 0 Å². The fourth-order valence-corrected chi connectivity index (χ4v) is 3.72. The number of carbonyl (C=O) groups is 1. The van der Waals surface area contributed by atoms with Crippen LogP contribution in [0.15, 0.2) is 47.4 Å². The molecule has 1 amide bonds. The highest BCUT2D eigenvalue weighted by Crippen LogP contribution is 2.30. The molecule has 1 saturated carbocycles. The Balaban J connectivity index is 1.85. The predicted octanol–water partition coefficient (Wildman–Crippen LogP) is 3.42. The van der Waals surface area contributed by atoms with Crippen LogP contribution in [0.5, 0.6) is 5.75 Å². The maximum absolute atomic E-state index is 14.0. The topological polar surface area (TPSA) is 84.5 Å². The number of hydrogen-bond donors (Lipinski definition) is 2. The van der Waals surface area contributed by atoms with Gasteiger partial charge in [0.1, 0.15) is 10.7 Å². The zero-order chi connectivity index (χ0) is 20.5. The van der Waals surface area contributed by atoms with E-state index < -0.39 is 38.8 Å². The number of para-hydroxylation sites is 2. The number of nitrogens with one attached hydrogen (secondary N) is 2. The number of carbonyl (C=O) groups excluding carboxylic acids is 1. The Labute approximate surface area is 157 Å². The van der Waals surface area contributed by atoms with Crippen molar-refractivity contribution in [3.05, 3.63) is 53.8 Å². The third-order valence-corrected chi connectivity index (χ3v) is 5.28. The Kier molecular flexibility index (Phi) is 5.31. The monoisotopic (exact) mass is 418 g/mol. The van der Waals surface area contributed by atoms with Crippen LogP contribution in [0.1, 0.15) is 23.2 Å². The standard InChI is InChI=1S/C17H14F4N2O4S/c18-12-8-5-10(9-15(12)28(25,26)23-11-6-7-11)16(24)22-13-3-1-2-4-14(13)27-17(19,20)21/h1-5,8-9,11,23H,6-7H2,(H,22,24). The van der Waals surface area contributed by atoms with Crippen LogP contribution in [0.4, 0.5) is 23.2 Å². The lowest BCUT2D eigenvalue weighted by Crippen LogP contribution is -2.27. The Morgan fingerprint density at radius 2 is 1.79 bits per heavy atom. The molecule has 0 bridgehead atoms. The molecule has 0 spiro atoms. The second-order valence-electron chi connectivity index (χ2n) is 6.04. The van der Waals surface area contributed by atoms with Crippen molar-refractivity contribution < 1.29 is 35.5 Å². The minimum Gasteiger partial charge on any atom is -0.404 e. The van der Waals surface area contributed by atoms with Gasteiger partial charge < -0.3 is 10.1 Å². The molecule has 2 aromatic carbocycles. The number of amides is 1. The van der Waals surface area contributed by atoms with Crippen LogP contribution < -0.4 is 14.8 Å². The van der Waals surface area contributed by atoms with Gasteiger partial charge in [0.2, 0.25) is 10.0 Å². The van der Waals surface area contributed by atoms with Gasteiger partial charge in [-0.05, 0) is 43.2 Å². The first-order valence-corrected chi connectivity index (χ1v) is 9.51. The summed E-state index contributed by atoms with van der Waals surface area (Å²) in [6, 6.07) is 7.21. The zero-order valence-corrected chi connectivity index (χ0v) is 14.9. The molecule has 1 aliphatic rings. The maximum Gasteiger partial charge on any atom is 0.573 e. The lowest BCUT2D eigenvalue weighted by atomic mass is 10.2. The van der Waals surface area contributed by atoms with Gasteiger partial charge in [0, 0.05) is 11.6 Å². The normalized spacial score (nSPS) is 14.6. The lowest BCUT2D eigenvalue weighted by molar-refractivity contribution is -0.274. The van der Waals surface area contributed by atoms with E-state index in [0.717, 1.165) is 24.3 Å². The van der Waals surface area contributed by atoms with Gasteiger partial charge in [-0.1, -0.05) is 12.1 Å². The highest BCUT2D eigenvalue weighted by molar-refractivity contribution is 7.89. The summed E-state index contributed by atoms with van der Waals surface area (Å²) in [5.41, 5.74) is -0.533. The van der Waals surface area contributed by atoms with Gasteiger partial charge in [0.25, 0.3) is 5.91 Å². The van der Waals surface area contributed by atoms with Crippen molar-refractivity contribution in [1.29, 1.82) is 0 Å². The molecule has 150 valence electrons. The number of anilines is 1. The van der Waals surface area contributed by atoms with Crippen molar-refractivity contribution >= 4 is 21.6 Å². The van der Waals surface area contributed by atoms with Crippen molar-refractivity contribution in [2.75, 3.05) is 5.32 Å². The summed E-state index contributed by atoms with van der Waals surface area (Å²) in [5, 5.41) is 2.20. The second-order valence-corrected chi connectivity index (χ2v) is 7.72. The first-order chi connectivity index (χ1) is 13.0. The molecule has 6 nitrogen and oxygen atoms in total. The van der Waals surface area contributed by atoms with Crippen molar-refractivity contribution in [1.82, 2.24) is 4.72 Å². The molecule has 0 saturated heterocycles. The molecule has 2 aromatic rings. The molecular weight excluding hydrogens is 404 g/mol. The second kappa shape index (κ2) is 7.40. The number of sulfonamides is 1. The average Bonchev–Trinajstić information content (AvgIpc) is 3.38. The molecule has 11 heteroatoms. The van der Waals surface area contributed by atoms with Crippen LogP contribution in [0.25, 0.3) is 0 Å². The fraction of sp³-hybridized carbons (Fsp3) is 0.235. The summed E-state index contributed by atoms with van der Waals surface area (Å²) in [7, 11) is -4.17. The molecule has 28 heavy (non-hydrogen) atoms. The average molecular weight is 418 g/mol. The fourth-order valence-electron chi connectivity index (χ4n) is 2.31. The lowest BCUT2D eigenvalue weighted by Gasteiger charge is -2.14. The number of hydrogen-bond acceptors (Lipinski definition) is 4. The van der Waals surface area contributed by atoms with Gasteiger partial charge in [0.15, 0.2) is 5.75 Å². The summed E-state index contributed by atoms with van der Waals surface area (Å²) in [6.07, 6.45) is -3.69. The molecule has 0 atom stereocenters. The molecule has 1 fully saturated rings. The number of halogens is 4. The minimum atomic E-state index is -4.97. The minimum absolute atomic E-state index is 0.251. The van der Waals surface area contributed by atoms with Gasteiger partial charge in [-0.2, -0.15) is 0 Å². The smallest absolute Gasteiger partial charge is 0.404 e. The largest absolute Gasteiger partial charge is 0.573 e. The van der Waals surface area contributed by atoms with Crippen LogP contribution in [0.3, 0.4) is 0 Å². The van der Waals surface area contributed by atoms with Gasteiger partial charge in [-0.3, -0.25) is 4.79 Å². The van der Waals surface area contributed by atoms with Crippen molar-refractivity contribution in [3.8, 4) is 5.75 Å². The quantitative estimate of drug-likeness (QED) is 0.705. The van der Waals surface area contributed by atoms with E-state index in [1.54, 1.807) is 0 Å². The van der Waals surface area contributed by atoms with Crippen LogP contribution in [0, 0.1) is 5.82 Å². The van der Waals surface area contributed by atoms with Gasteiger partial charge in [-0.25, -0.2) is 17.5 Å². The summed E-state index contributed by atoms with van der Waals surface area (Å²) in [4.78, 5) is 11.7. The maximum atomic E-state index is 14.0. The zero-order valence-electron chi connectivity index (χ0n) is 14.1. The van der Waals surface area contributed by atoms with E-state index in [1.807, 2.05) is 0 Å². The van der Waals surface area contributed by atoms with Crippen molar-refractivity contribution in [2.45, 2.75) is 30.1 Å². The van der Waals surface area contributed by atoms with Crippen LogP contribution in [0.2, 0.25) is 0 Å². The molecule has 0 heterocycles. The summed E-state index contributed by atoms with van der Waals surface area (Å²) >= 11 is 0. The molecule has 0 aliphatic heterocycles. The molecule has 2 N–H and O–H groups in total. The summed E-state index contributed by atoms with van der Waals surface area (Å²) < 4.78 is 82.0. The summed E-state index contributed by atoms with van der Waals surface area (Å²) in [6.45, 7) is 0. The van der Waals surface area contributed by atoms with Gasteiger partial charge in [0.05, 0.1) is 5.69 Å². The van der Waals surface area contributed by atoms with E-state index in [1.165, 1.54) is 18.2 Å². The van der Waals surface area contributed by atoms with Gasteiger partial charge in [-0.15, -0.1) is 13.2 Å². The molecular formula is C17H14F4N2O4S. The molecule has 3 rings (SSSR count). The van der Waals surface area contributed by atoms with E-state index in [2.05, 4.69) is 14.8 Å². The summed E-state index contributed by atoms with van der Waals surface area (Å²) in [5.74, 6) is -2.62. The number of alkyl halides is 3. The SMILES string of the molecule is O=C(Nc1ccccc1OC(F)(F)F)c1ccc(F)c(S(=O)(=O)NC2CC2)c1. The Morgan fingerprint density at radius 3 is 2.43 bits per heavy atom. The van der Waals surface area contributed by atoms with Crippen LogP contribution >= 0.6 is 0 Å². The van der Waals surface area contributed by atoms with E-state index in [-0.39, 0.29) is 17.3 Å². The van der Waals surface area contributed by atoms with Gasteiger partial charge >= 0.3 is 6.36 Å². The highest BCUT2D eigenvalue weighted by Gasteiger charge is 2.33. The van der Waals surface area contributed by atoms with E-state index >= 15 is 0 Å². The third-order valence-electron chi connectivity index (χ3n) is 3.74. The molecule has 1 aliphatic carbocycles. The number of rotatable bonds is 6. The van der Waals surface area contributed by atoms with E-state index in [0.29, 0.717) is 12.8 Å². The number of benzene rings is 2. The van der Waals surface area contributed by atoms with Crippen molar-refractivity contribution in [2.24, 2.45) is 0 Å². The molecule has 0 unspecified atom stereocenters. The van der Waals surface area contributed by atoms with E-state index in [9.17, 15) is 30.8 Å². The Hall–Kier alpha value is -2.66. The van der Waals surface area contributed by atoms with E-state index in [4.69, 9.17) is 0 Å². The Bertz CT molecular complexity index is 1000.